The van der Waals surface area contributed by atoms with Crippen molar-refractivity contribution < 1.29 is 9.59 Å². The number of hydrogen-bond donors (Lipinski definition) is 1. The Labute approximate surface area is 178 Å². The first kappa shape index (κ1) is 20.2. The lowest BCUT2D eigenvalue weighted by molar-refractivity contribution is -0.130. The number of anilines is 1. The number of hydrogen-bond acceptors (Lipinski definition) is 7. The SMILES string of the molecule is Cc1nc(CN2CCCN(C(=O)Cc3csc(N4CCCNC4=O)n3)CC2)cs1. The highest BCUT2D eigenvalue weighted by Gasteiger charge is 2.24. The molecule has 4 rings (SSSR count). The van der Waals surface area contributed by atoms with Gasteiger partial charge in [-0.1, -0.05) is 0 Å². The lowest BCUT2D eigenvalue weighted by Crippen LogP contribution is -2.46. The Balaban J connectivity index is 1.30. The fraction of sp³-hybridized carbons (Fsp3) is 0.579. The monoisotopic (exact) mass is 434 g/mol. The Hall–Kier alpha value is -2.04. The minimum Gasteiger partial charge on any atom is -0.341 e. The van der Waals surface area contributed by atoms with Gasteiger partial charge in [-0.2, -0.15) is 0 Å². The van der Waals surface area contributed by atoms with Crippen LogP contribution in [0.4, 0.5) is 9.93 Å². The number of amides is 3. The molecule has 3 amide bonds. The van der Waals surface area contributed by atoms with Crippen LogP contribution in [0.2, 0.25) is 0 Å². The molecule has 1 N–H and O–H groups in total. The molecule has 0 aromatic carbocycles. The van der Waals surface area contributed by atoms with Gasteiger partial charge in [0.05, 0.1) is 22.8 Å². The van der Waals surface area contributed by atoms with E-state index in [1.165, 1.54) is 11.3 Å². The number of carbonyl (C=O) groups excluding carboxylic acids is 2. The van der Waals surface area contributed by atoms with E-state index < -0.39 is 0 Å². The van der Waals surface area contributed by atoms with E-state index in [2.05, 4.69) is 25.6 Å². The Morgan fingerprint density at radius 3 is 2.72 bits per heavy atom. The lowest BCUT2D eigenvalue weighted by atomic mass is 10.3. The molecule has 2 aromatic heterocycles. The molecule has 0 saturated carbocycles. The summed E-state index contributed by atoms with van der Waals surface area (Å²) in [5.74, 6) is 0.108. The zero-order valence-electron chi connectivity index (χ0n) is 16.6. The number of aryl methyl sites for hydroxylation is 1. The summed E-state index contributed by atoms with van der Waals surface area (Å²) in [4.78, 5) is 39.8. The largest absolute Gasteiger partial charge is 0.341 e. The standard InChI is InChI=1S/C19H26N6O2S2/c1-14-21-16(13-28-14)11-23-5-3-6-24(9-8-23)17(26)10-15-12-29-19(22-15)25-7-2-4-20-18(25)27/h12-13H,2-11H2,1H3,(H,20,27). The summed E-state index contributed by atoms with van der Waals surface area (Å²) in [7, 11) is 0. The van der Waals surface area contributed by atoms with Crippen LogP contribution in [-0.4, -0.2) is 71.0 Å². The molecular formula is C19H26N6O2S2. The van der Waals surface area contributed by atoms with Crippen LogP contribution in [0.1, 0.15) is 29.2 Å². The Bertz CT molecular complexity index is 867. The summed E-state index contributed by atoms with van der Waals surface area (Å²) in [5, 5.41) is 8.61. The van der Waals surface area contributed by atoms with Gasteiger partial charge in [-0.25, -0.2) is 14.8 Å². The molecule has 0 unspecified atom stereocenters. The van der Waals surface area contributed by atoms with Gasteiger partial charge >= 0.3 is 6.03 Å². The predicted octanol–water partition coefficient (Wildman–Crippen LogP) is 2.10. The molecule has 2 fully saturated rings. The van der Waals surface area contributed by atoms with Crippen molar-refractivity contribution in [2.24, 2.45) is 0 Å². The molecule has 0 bridgehead atoms. The molecule has 2 aliphatic heterocycles. The second-order valence-electron chi connectivity index (χ2n) is 7.40. The smallest absolute Gasteiger partial charge is 0.323 e. The van der Waals surface area contributed by atoms with Gasteiger partial charge < -0.3 is 10.2 Å². The van der Waals surface area contributed by atoms with Gasteiger partial charge in [-0.3, -0.25) is 14.6 Å². The van der Waals surface area contributed by atoms with E-state index in [1.54, 1.807) is 16.2 Å². The Morgan fingerprint density at radius 2 is 1.93 bits per heavy atom. The lowest BCUT2D eigenvalue weighted by Gasteiger charge is -2.24. The van der Waals surface area contributed by atoms with Crippen LogP contribution in [0.5, 0.6) is 0 Å². The minimum absolute atomic E-state index is 0.105. The minimum atomic E-state index is -0.105. The first-order valence-electron chi connectivity index (χ1n) is 9.99. The molecule has 2 aliphatic rings. The molecule has 2 saturated heterocycles. The van der Waals surface area contributed by atoms with Crippen LogP contribution in [0, 0.1) is 6.92 Å². The average Bonchev–Trinajstić information content (AvgIpc) is 3.25. The van der Waals surface area contributed by atoms with Gasteiger partial charge in [-0.05, 0) is 19.8 Å². The van der Waals surface area contributed by atoms with Crippen LogP contribution in [0.3, 0.4) is 0 Å². The highest BCUT2D eigenvalue weighted by atomic mass is 32.1. The van der Waals surface area contributed by atoms with Crippen molar-refractivity contribution in [1.82, 2.24) is 25.1 Å². The van der Waals surface area contributed by atoms with Crippen molar-refractivity contribution in [2.45, 2.75) is 32.7 Å². The zero-order valence-corrected chi connectivity index (χ0v) is 18.2. The topological polar surface area (TPSA) is 81.7 Å². The summed E-state index contributed by atoms with van der Waals surface area (Å²) >= 11 is 3.11. The van der Waals surface area contributed by atoms with Gasteiger partial charge in [0.2, 0.25) is 5.91 Å². The summed E-state index contributed by atoms with van der Waals surface area (Å²) < 4.78 is 0. The predicted molar refractivity (Wildman–Crippen MR) is 115 cm³/mol. The van der Waals surface area contributed by atoms with E-state index in [9.17, 15) is 9.59 Å². The maximum atomic E-state index is 12.8. The van der Waals surface area contributed by atoms with Crippen molar-refractivity contribution in [3.8, 4) is 0 Å². The fourth-order valence-electron chi connectivity index (χ4n) is 3.67. The van der Waals surface area contributed by atoms with Crippen molar-refractivity contribution in [1.29, 1.82) is 0 Å². The molecule has 10 heteroatoms. The van der Waals surface area contributed by atoms with Gasteiger partial charge in [-0.15, -0.1) is 22.7 Å². The van der Waals surface area contributed by atoms with Gasteiger partial charge in [0.15, 0.2) is 5.13 Å². The van der Waals surface area contributed by atoms with Crippen molar-refractivity contribution in [3.05, 3.63) is 27.2 Å². The third kappa shape index (κ3) is 5.12. The summed E-state index contributed by atoms with van der Waals surface area (Å²) in [6, 6.07) is -0.105. The van der Waals surface area contributed by atoms with Crippen molar-refractivity contribution in [2.75, 3.05) is 44.2 Å². The van der Waals surface area contributed by atoms with E-state index >= 15 is 0 Å². The molecular weight excluding hydrogens is 408 g/mol. The number of urea groups is 1. The third-order valence-corrected chi connectivity index (χ3v) is 6.91. The van der Waals surface area contributed by atoms with E-state index in [-0.39, 0.29) is 18.4 Å². The van der Waals surface area contributed by atoms with Crippen LogP contribution >= 0.6 is 22.7 Å². The molecule has 2 aromatic rings. The third-order valence-electron chi connectivity index (χ3n) is 5.18. The number of rotatable bonds is 5. The Morgan fingerprint density at radius 1 is 1.07 bits per heavy atom. The molecule has 29 heavy (non-hydrogen) atoms. The molecule has 0 spiro atoms. The first-order valence-corrected chi connectivity index (χ1v) is 11.8. The normalized spacial score (nSPS) is 18.6. The molecule has 156 valence electrons. The number of aromatic nitrogens is 2. The van der Waals surface area contributed by atoms with E-state index in [1.807, 2.05) is 17.2 Å². The van der Waals surface area contributed by atoms with Crippen LogP contribution in [0.15, 0.2) is 10.8 Å². The summed E-state index contributed by atoms with van der Waals surface area (Å²) in [6.07, 6.45) is 2.16. The quantitative estimate of drug-likeness (QED) is 0.779. The van der Waals surface area contributed by atoms with E-state index in [4.69, 9.17) is 0 Å². The van der Waals surface area contributed by atoms with Gasteiger partial charge in [0.1, 0.15) is 0 Å². The molecule has 0 radical (unpaired) electrons. The summed E-state index contributed by atoms with van der Waals surface area (Å²) in [6.45, 7) is 7.60. The molecule has 8 nitrogen and oxygen atoms in total. The molecule has 0 aliphatic carbocycles. The van der Waals surface area contributed by atoms with E-state index in [0.29, 0.717) is 18.2 Å². The maximum Gasteiger partial charge on any atom is 0.323 e. The van der Waals surface area contributed by atoms with Crippen LogP contribution < -0.4 is 10.2 Å². The summed E-state index contributed by atoms with van der Waals surface area (Å²) in [5.41, 5.74) is 1.86. The average molecular weight is 435 g/mol. The van der Waals surface area contributed by atoms with E-state index in [0.717, 1.165) is 62.0 Å². The Kier molecular flexibility index (Phi) is 6.41. The number of nitrogens with zero attached hydrogens (tertiary/aromatic N) is 5. The second-order valence-corrected chi connectivity index (χ2v) is 9.30. The van der Waals surface area contributed by atoms with Crippen LogP contribution in [0.25, 0.3) is 0 Å². The van der Waals surface area contributed by atoms with Crippen molar-refractivity contribution >= 4 is 39.7 Å². The first-order chi connectivity index (χ1) is 14.1. The maximum absolute atomic E-state index is 12.8. The highest BCUT2D eigenvalue weighted by Crippen LogP contribution is 2.23. The molecule has 4 heterocycles. The number of nitrogens with one attached hydrogen (secondary N) is 1. The van der Waals surface area contributed by atoms with Gasteiger partial charge in [0, 0.05) is 56.6 Å². The van der Waals surface area contributed by atoms with Gasteiger partial charge in [0.25, 0.3) is 0 Å². The molecule has 0 atom stereocenters. The second kappa shape index (κ2) is 9.19. The van der Waals surface area contributed by atoms with Crippen molar-refractivity contribution in [3.63, 3.8) is 0 Å². The zero-order chi connectivity index (χ0) is 20.2. The number of thiazole rings is 2. The van der Waals surface area contributed by atoms with Crippen LogP contribution in [-0.2, 0) is 17.8 Å². The fourth-order valence-corrected chi connectivity index (χ4v) is 5.12. The number of carbonyl (C=O) groups is 2. The highest BCUT2D eigenvalue weighted by molar-refractivity contribution is 7.14.